The number of benzene rings is 1. The van der Waals surface area contributed by atoms with Gasteiger partial charge >= 0.3 is 5.97 Å². The minimum atomic E-state index is -1.71. The molecule has 1 atom stereocenters. The summed E-state index contributed by atoms with van der Waals surface area (Å²) in [5.74, 6) is -4.42. The van der Waals surface area contributed by atoms with Crippen LogP contribution < -0.4 is 10.1 Å². The number of rotatable bonds is 5. The fourth-order valence-corrected chi connectivity index (χ4v) is 1.42. The van der Waals surface area contributed by atoms with Crippen LogP contribution in [0.3, 0.4) is 0 Å². The van der Waals surface area contributed by atoms with Crippen molar-refractivity contribution in [1.82, 2.24) is 0 Å². The summed E-state index contributed by atoms with van der Waals surface area (Å²) in [5, 5.41) is 11.2. The Balaban J connectivity index is 2.93. The fraction of sp³-hybridized carbons (Fsp3) is 0.250. The van der Waals surface area contributed by atoms with Crippen LogP contribution in [0.25, 0.3) is 0 Å². The van der Waals surface area contributed by atoms with Crippen molar-refractivity contribution >= 4 is 23.3 Å². The van der Waals surface area contributed by atoms with E-state index in [9.17, 15) is 14.4 Å². The number of carbonyl (C=O) groups excluding carboxylic acids is 2. The Labute approximate surface area is 104 Å². The van der Waals surface area contributed by atoms with Crippen LogP contribution in [0.2, 0.25) is 0 Å². The van der Waals surface area contributed by atoms with Gasteiger partial charge in [-0.3, -0.25) is 14.4 Å². The highest BCUT2D eigenvalue weighted by atomic mass is 16.5. The van der Waals surface area contributed by atoms with E-state index >= 15 is 0 Å². The summed E-state index contributed by atoms with van der Waals surface area (Å²) < 4.78 is 5.00. The highest BCUT2D eigenvalue weighted by molar-refractivity contribution is 6.19. The van der Waals surface area contributed by atoms with Gasteiger partial charge in [0, 0.05) is 0 Å². The van der Waals surface area contributed by atoms with Gasteiger partial charge in [-0.25, -0.2) is 0 Å². The third kappa shape index (κ3) is 3.07. The van der Waals surface area contributed by atoms with Gasteiger partial charge in [-0.2, -0.15) is 0 Å². The van der Waals surface area contributed by atoms with E-state index in [1.807, 2.05) is 0 Å². The molecule has 0 aliphatic rings. The van der Waals surface area contributed by atoms with Crippen LogP contribution in [-0.4, -0.2) is 29.9 Å². The number of carboxylic acid groups (broad SMARTS) is 1. The molecule has 2 N–H and O–H groups in total. The topological polar surface area (TPSA) is 92.7 Å². The largest absolute Gasteiger partial charge is 0.495 e. The molecule has 1 rings (SSSR count). The second kappa shape index (κ2) is 5.81. The van der Waals surface area contributed by atoms with Crippen molar-refractivity contribution in [3.8, 4) is 5.75 Å². The Bertz CT molecular complexity index is 469. The molecule has 0 aliphatic heterocycles. The van der Waals surface area contributed by atoms with Crippen molar-refractivity contribution in [2.75, 3.05) is 12.4 Å². The van der Waals surface area contributed by atoms with Crippen LogP contribution in [-0.2, 0) is 14.4 Å². The summed E-state index contributed by atoms with van der Waals surface area (Å²) >= 11 is 0. The number of carboxylic acids is 1. The van der Waals surface area contributed by atoms with Crippen LogP contribution in [0.1, 0.15) is 6.92 Å². The number of para-hydroxylation sites is 2. The molecule has 0 bridgehead atoms. The molecule has 18 heavy (non-hydrogen) atoms. The summed E-state index contributed by atoms with van der Waals surface area (Å²) in [6, 6.07) is 6.52. The van der Waals surface area contributed by atoms with Gasteiger partial charge in [0.15, 0.2) is 11.7 Å². The number of nitrogens with one attached hydrogen (secondary N) is 1. The maximum atomic E-state index is 11.7. The van der Waals surface area contributed by atoms with Gasteiger partial charge in [-0.1, -0.05) is 12.1 Å². The molecule has 0 saturated heterocycles. The van der Waals surface area contributed by atoms with Gasteiger partial charge < -0.3 is 15.2 Å². The molecule has 0 aromatic heterocycles. The van der Waals surface area contributed by atoms with E-state index in [-0.39, 0.29) is 0 Å². The molecule has 0 spiro atoms. The SMILES string of the molecule is COc1ccccc1NC(=O)C(C(C)=O)C(=O)O. The fourth-order valence-electron chi connectivity index (χ4n) is 1.42. The zero-order chi connectivity index (χ0) is 13.7. The lowest BCUT2D eigenvalue weighted by Crippen LogP contribution is -2.34. The van der Waals surface area contributed by atoms with Crippen LogP contribution in [0.4, 0.5) is 5.69 Å². The number of methoxy groups -OCH3 is 1. The van der Waals surface area contributed by atoms with Gasteiger partial charge in [0.1, 0.15) is 5.75 Å². The second-order valence-electron chi connectivity index (χ2n) is 3.57. The van der Waals surface area contributed by atoms with Crippen molar-refractivity contribution < 1.29 is 24.2 Å². The molecule has 0 saturated carbocycles. The molecule has 0 heterocycles. The monoisotopic (exact) mass is 251 g/mol. The number of ketones is 1. The second-order valence-corrected chi connectivity index (χ2v) is 3.57. The average molecular weight is 251 g/mol. The minimum absolute atomic E-state index is 0.317. The third-order valence-electron chi connectivity index (χ3n) is 2.28. The first kappa shape index (κ1) is 13.7. The number of hydrogen-bond donors (Lipinski definition) is 2. The Morgan fingerprint density at radius 2 is 1.89 bits per heavy atom. The summed E-state index contributed by atoms with van der Waals surface area (Å²) in [6.07, 6.45) is 0. The number of aliphatic carboxylic acids is 1. The highest BCUT2D eigenvalue weighted by Crippen LogP contribution is 2.23. The first-order chi connectivity index (χ1) is 8.47. The lowest BCUT2D eigenvalue weighted by Gasteiger charge is -2.12. The van der Waals surface area contributed by atoms with Crippen LogP contribution in [0.15, 0.2) is 24.3 Å². The lowest BCUT2D eigenvalue weighted by molar-refractivity contribution is -0.149. The van der Waals surface area contributed by atoms with E-state index in [1.165, 1.54) is 7.11 Å². The molecule has 0 fully saturated rings. The lowest BCUT2D eigenvalue weighted by atomic mass is 10.0. The molecule has 0 aliphatic carbocycles. The smallest absolute Gasteiger partial charge is 0.323 e. The average Bonchev–Trinajstić information content (AvgIpc) is 2.28. The van der Waals surface area contributed by atoms with E-state index in [2.05, 4.69) is 5.32 Å². The van der Waals surface area contributed by atoms with E-state index in [0.717, 1.165) is 6.92 Å². The Morgan fingerprint density at radius 1 is 1.28 bits per heavy atom. The first-order valence-electron chi connectivity index (χ1n) is 5.14. The molecule has 1 aromatic rings. The zero-order valence-corrected chi connectivity index (χ0v) is 9.97. The number of ether oxygens (including phenoxy) is 1. The van der Waals surface area contributed by atoms with Gasteiger partial charge in [0.25, 0.3) is 0 Å². The quantitative estimate of drug-likeness (QED) is 0.759. The zero-order valence-electron chi connectivity index (χ0n) is 9.97. The summed E-state index contributed by atoms with van der Waals surface area (Å²) in [5.41, 5.74) is 0.317. The molecular formula is C12H13NO5. The van der Waals surface area contributed by atoms with E-state index in [0.29, 0.717) is 11.4 Å². The first-order valence-corrected chi connectivity index (χ1v) is 5.14. The normalized spacial score (nSPS) is 11.4. The van der Waals surface area contributed by atoms with Gasteiger partial charge in [-0.05, 0) is 19.1 Å². The Morgan fingerprint density at radius 3 is 2.39 bits per heavy atom. The van der Waals surface area contributed by atoms with Gasteiger partial charge in [0.2, 0.25) is 5.91 Å². The van der Waals surface area contributed by atoms with Crippen molar-refractivity contribution in [3.05, 3.63) is 24.3 Å². The summed E-state index contributed by atoms with van der Waals surface area (Å²) in [6.45, 7) is 1.06. The highest BCUT2D eigenvalue weighted by Gasteiger charge is 2.31. The number of Topliss-reactive ketones (excluding diaryl/α,β-unsaturated/α-hetero) is 1. The molecule has 6 heteroatoms. The van der Waals surface area contributed by atoms with Gasteiger partial charge in [-0.15, -0.1) is 0 Å². The summed E-state index contributed by atoms with van der Waals surface area (Å²) in [7, 11) is 1.42. The third-order valence-corrected chi connectivity index (χ3v) is 2.28. The van der Waals surface area contributed by atoms with E-state index in [4.69, 9.17) is 9.84 Å². The maximum absolute atomic E-state index is 11.7. The maximum Gasteiger partial charge on any atom is 0.323 e. The van der Waals surface area contributed by atoms with Crippen LogP contribution in [0.5, 0.6) is 5.75 Å². The number of anilines is 1. The van der Waals surface area contributed by atoms with E-state index < -0.39 is 23.6 Å². The van der Waals surface area contributed by atoms with Crippen molar-refractivity contribution in [1.29, 1.82) is 0 Å². The van der Waals surface area contributed by atoms with Crippen LogP contribution >= 0.6 is 0 Å². The van der Waals surface area contributed by atoms with Crippen molar-refractivity contribution in [2.24, 2.45) is 5.92 Å². The molecular weight excluding hydrogens is 238 g/mol. The standard InChI is InChI=1S/C12H13NO5/c1-7(14)10(12(16)17)11(15)13-8-5-3-4-6-9(8)18-2/h3-6,10H,1-2H3,(H,13,15)(H,16,17). The van der Waals surface area contributed by atoms with E-state index in [1.54, 1.807) is 24.3 Å². The number of carbonyl (C=O) groups is 3. The Kier molecular flexibility index (Phi) is 4.42. The summed E-state index contributed by atoms with van der Waals surface area (Å²) in [4.78, 5) is 33.6. The molecule has 1 aromatic carbocycles. The molecule has 6 nitrogen and oxygen atoms in total. The number of hydrogen-bond acceptors (Lipinski definition) is 4. The van der Waals surface area contributed by atoms with Crippen molar-refractivity contribution in [3.63, 3.8) is 0 Å². The Hall–Kier alpha value is -2.37. The molecule has 96 valence electrons. The van der Waals surface area contributed by atoms with Crippen molar-refractivity contribution in [2.45, 2.75) is 6.92 Å². The van der Waals surface area contributed by atoms with Crippen LogP contribution in [0, 0.1) is 5.92 Å². The molecule has 1 unspecified atom stereocenters. The predicted octanol–water partition coefficient (Wildman–Crippen LogP) is 0.923. The number of amides is 1. The predicted molar refractivity (Wildman–Crippen MR) is 63.4 cm³/mol. The van der Waals surface area contributed by atoms with Gasteiger partial charge in [0.05, 0.1) is 12.8 Å². The molecule has 0 radical (unpaired) electrons. The minimum Gasteiger partial charge on any atom is -0.495 e. The molecule has 1 amide bonds.